The van der Waals surface area contributed by atoms with Crippen LogP contribution in [0.25, 0.3) is 11.0 Å². The van der Waals surface area contributed by atoms with Crippen LogP contribution in [0.1, 0.15) is 5.56 Å². The molecule has 3 aromatic rings. The van der Waals surface area contributed by atoms with E-state index in [-0.39, 0.29) is 12.1 Å². The summed E-state index contributed by atoms with van der Waals surface area (Å²) >= 11 is 3.22. The fraction of sp³-hybridized carbons (Fsp3) is 0.133. The molecule has 0 saturated heterocycles. The van der Waals surface area contributed by atoms with E-state index in [1.54, 1.807) is 31.3 Å². The van der Waals surface area contributed by atoms with Gasteiger partial charge in [-0.2, -0.15) is 10.4 Å². The second kappa shape index (κ2) is 6.25. The lowest BCUT2D eigenvalue weighted by molar-refractivity contribution is -0.116. The largest absolute Gasteiger partial charge is 0.324 e. The number of amides is 1. The Kier molecular flexibility index (Phi) is 4.14. The molecule has 0 aliphatic heterocycles. The normalized spacial score (nSPS) is 10.5. The van der Waals surface area contributed by atoms with Gasteiger partial charge in [-0.3, -0.25) is 14.2 Å². The van der Waals surface area contributed by atoms with Gasteiger partial charge in [0.2, 0.25) is 5.91 Å². The monoisotopic (exact) mass is 386 g/mol. The van der Waals surface area contributed by atoms with Crippen molar-refractivity contribution in [2.75, 3.05) is 5.32 Å². The van der Waals surface area contributed by atoms with Gasteiger partial charge in [-0.25, -0.2) is 9.67 Å². The Morgan fingerprint density at radius 3 is 3.00 bits per heavy atom. The lowest BCUT2D eigenvalue weighted by Gasteiger charge is -2.07. The van der Waals surface area contributed by atoms with Crippen LogP contribution in [0, 0.1) is 11.3 Å². The summed E-state index contributed by atoms with van der Waals surface area (Å²) in [6, 6.07) is 8.52. The molecule has 0 bridgehead atoms. The maximum atomic E-state index is 12.5. The predicted octanol–water partition coefficient (Wildman–Crippen LogP) is 1.40. The number of anilines is 1. The first-order valence-corrected chi connectivity index (χ1v) is 7.66. The molecule has 2 heterocycles. The van der Waals surface area contributed by atoms with Crippen LogP contribution in [0.2, 0.25) is 0 Å². The predicted molar refractivity (Wildman–Crippen MR) is 90.3 cm³/mol. The number of fused-ring (bicyclic) bond motifs is 1. The molecule has 0 aliphatic rings. The summed E-state index contributed by atoms with van der Waals surface area (Å²) in [4.78, 5) is 28.8. The molecule has 9 heteroatoms. The van der Waals surface area contributed by atoms with Crippen molar-refractivity contribution < 1.29 is 4.79 Å². The van der Waals surface area contributed by atoms with E-state index >= 15 is 0 Å². The molecular formula is C15H11BrN6O2. The number of nitrogens with one attached hydrogen (secondary N) is 1. The van der Waals surface area contributed by atoms with Crippen molar-refractivity contribution in [2.45, 2.75) is 6.54 Å². The van der Waals surface area contributed by atoms with E-state index in [0.717, 1.165) is 0 Å². The highest BCUT2D eigenvalue weighted by molar-refractivity contribution is 9.10. The zero-order valence-corrected chi connectivity index (χ0v) is 14.1. The van der Waals surface area contributed by atoms with Gasteiger partial charge in [-0.15, -0.1) is 0 Å². The lowest BCUT2D eigenvalue weighted by Crippen LogP contribution is -2.28. The van der Waals surface area contributed by atoms with E-state index in [0.29, 0.717) is 26.9 Å². The Balaban J connectivity index is 1.86. The summed E-state index contributed by atoms with van der Waals surface area (Å²) in [6.45, 7) is -0.195. The molecular weight excluding hydrogens is 376 g/mol. The van der Waals surface area contributed by atoms with Crippen molar-refractivity contribution >= 4 is 38.6 Å². The Hall–Kier alpha value is -2.99. The summed E-state index contributed by atoms with van der Waals surface area (Å²) in [5, 5.41) is 15.9. The zero-order valence-electron chi connectivity index (χ0n) is 12.5. The second-order valence-corrected chi connectivity index (χ2v) is 5.78. The number of nitrogens with zero attached hydrogens (tertiary/aromatic N) is 5. The Bertz CT molecular complexity index is 1050. The van der Waals surface area contributed by atoms with Crippen molar-refractivity contribution in [3.63, 3.8) is 0 Å². The number of hydrogen-bond donors (Lipinski definition) is 1. The van der Waals surface area contributed by atoms with E-state index in [4.69, 9.17) is 5.26 Å². The minimum Gasteiger partial charge on any atom is -0.324 e. The second-order valence-electron chi connectivity index (χ2n) is 5.03. The third kappa shape index (κ3) is 2.91. The minimum atomic E-state index is -0.395. The first-order valence-electron chi connectivity index (χ1n) is 6.87. The molecule has 3 rings (SSSR count). The van der Waals surface area contributed by atoms with Crippen LogP contribution in [-0.4, -0.2) is 25.2 Å². The average molecular weight is 387 g/mol. The number of carbonyl (C=O) groups excluding carboxylic acids is 1. The Labute approximate surface area is 144 Å². The topological polar surface area (TPSA) is 106 Å². The first kappa shape index (κ1) is 15.9. The van der Waals surface area contributed by atoms with Crippen molar-refractivity contribution in [2.24, 2.45) is 7.05 Å². The van der Waals surface area contributed by atoms with Crippen LogP contribution in [0.4, 0.5) is 5.69 Å². The van der Waals surface area contributed by atoms with Crippen LogP contribution < -0.4 is 10.9 Å². The zero-order chi connectivity index (χ0) is 17.3. The van der Waals surface area contributed by atoms with Gasteiger partial charge in [-0.1, -0.05) is 6.07 Å². The molecule has 0 saturated carbocycles. The highest BCUT2D eigenvalue weighted by Crippen LogP contribution is 2.16. The molecule has 0 radical (unpaired) electrons. The number of nitriles is 1. The molecule has 0 aliphatic carbocycles. The highest BCUT2D eigenvalue weighted by Gasteiger charge is 2.15. The third-order valence-electron chi connectivity index (χ3n) is 3.36. The quantitative estimate of drug-likeness (QED) is 0.732. The molecule has 0 fully saturated rings. The molecule has 24 heavy (non-hydrogen) atoms. The third-order valence-corrected chi connectivity index (χ3v) is 3.91. The smallest absolute Gasteiger partial charge is 0.266 e. The van der Waals surface area contributed by atoms with Crippen molar-refractivity contribution in [3.05, 3.63) is 51.1 Å². The molecule has 8 nitrogen and oxygen atoms in total. The van der Waals surface area contributed by atoms with Gasteiger partial charge in [0.25, 0.3) is 5.56 Å². The SMILES string of the molecule is Cn1nc(Br)c2c(=O)n(CC(=O)Nc3cccc(C#N)c3)cnc21. The number of carbonyl (C=O) groups is 1. The molecule has 1 amide bonds. The summed E-state index contributed by atoms with van der Waals surface area (Å²) in [5.41, 5.74) is 1.00. The van der Waals surface area contributed by atoms with Crippen molar-refractivity contribution in [3.8, 4) is 6.07 Å². The van der Waals surface area contributed by atoms with Gasteiger partial charge >= 0.3 is 0 Å². The average Bonchev–Trinajstić information content (AvgIpc) is 2.85. The van der Waals surface area contributed by atoms with Gasteiger partial charge in [0.05, 0.1) is 11.6 Å². The summed E-state index contributed by atoms with van der Waals surface area (Å²) in [6.07, 6.45) is 1.31. The molecule has 0 atom stereocenters. The maximum Gasteiger partial charge on any atom is 0.266 e. The number of aryl methyl sites for hydroxylation is 1. The van der Waals surface area contributed by atoms with Gasteiger partial charge in [0, 0.05) is 12.7 Å². The van der Waals surface area contributed by atoms with E-state index in [9.17, 15) is 9.59 Å². The molecule has 0 spiro atoms. The van der Waals surface area contributed by atoms with Crippen LogP contribution in [0.3, 0.4) is 0 Å². The molecule has 0 unspecified atom stereocenters. The fourth-order valence-corrected chi connectivity index (χ4v) is 2.85. The number of benzene rings is 1. The standard InChI is InChI=1S/C15H11BrN6O2/c1-21-14-12(13(16)20-21)15(24)22(8-18-14)7-11(23)19-10-4-2-3-9(5-10)6-17/h2-5,8H,7H2,1H3,(H,19,23). The van der Waals surface area contributed by atoms with Crippen molar-refractivity contribution in [1.82, 2.24) is 19.3 Å². The molecule has 1 aromatic carbocycles. The number of aromatic nitrogens is 4. The Morgan fingerprint density at radius 1 is 1.46 bits per heavy atom. The van der Waals surface area contributed by atoms with E-state index < -0.39 is 5.91 Å². The first-order chi connectivity index (χ1) is 11.5. The van der Waals surface area contributed by atoms with Gasteiger partial charge < -0.3 is 5.32 Å². The lowest BCUT2D eigenvalue weighted by atomic mass is 10.2. The van der Waals surface area contributed by atoms with Gasteiger partial charge in [0.1, 0.15) is 22.9 Å². The highest BCUT2D eigenvalue weighted by atomic mass is 79.9. The Morgan fingerprint density at radius 2 is 2.25 bits per heavy atom. The van der Waals surface area contributed by atoms with Crippen LogP contribution in [0.5, 0.6) is 0 Å². The van der Waals surface area contributed by atoms with E-state index in [2.05, 4.69) is 31.3 Å². The van der Waals surface area contributed by atoms with Gasteiger partial charge in [0.15, 0.2) is 5.65 Å². The maximum absolute atomic E-state index is 12.5. The number of rotatable bonds is 3. The summed E-state index contributed by atoms with van der Waals surface area (Å²) < 4.78 is 3.07. The van der Waals surface area contributed by atoms with E-state index in [1.165, 1.54) is 15.6 Å². The number of halogens is 1. The van der Waals surface area contributed by atoms with Crippen molar-refractivity contribution in [1.29, 1.82) is 5.26 Å². The molecule has 120 valence electrons. The van der Waals surface area contributed by atoms with Crippen LogP contribution in [-0.2, 0) is 18.4 Å². The van der Waals surface area contributed by atoms with Gasteiger partial charge in [-0.05, 0) is 34.1 Å². The van der Waals surface area contributed by atoms with Crippen LogP contribution >= 0.6 is 15.9 Å². The molecule has 2 aromatic heterocycles. The van der Waals surface area contributed by atoms with Crippen LogP contribution in [0.15, 0.2) is 40.0 Å². The van der Waals surface area contributed by atoms with E-state index in [1.807, 2.05) is 6.07 Å². The summed E-state index contributed by atoms with van der Waals surface area (Å²) in [7, 11) is 1.68. The fourth-order valence-electron chi connectivity index (χ4n) is 2.27. The number of hydrogen-bond acceptors (Lipinski definition) is 5. The molecule has 1 N–H and O–H groups in total. The minimum absolute atomic E-state index is 0.195. The summed E-state index contributed by atoms with van der Waals surface area (Å²) in [5.74, 6) is -0.395.